The van der Waals surface area contributed by atoms with Crippen molar-refractivity contribution in [3.63, 3.8) is 0 Å². The van der Waals surface area contributed by atoms with Crippen LogP contribution in [0.3, 0.4) is 0 Å². The van der Waals surface area contributed by atoms with Gasteiger partial charge in [0.1, 0.15) is 0 Å². The average molecular weight is 282 g/mol. The maximum absolute atomic E-state index is 4.70. The summed E-state index contributed by atoms with van der Waals surface area (Å²) in [5.41, 5.74) is 5.35. The molecule has 0 spiro atoms. The molecule has 0 amide bonds. The summed E-state index contributed by atoms with van der Waals surface area (Å²) in [5, 5.41) is 0. The molecule has 0 aromatic carbocycles. The molecule has 0 fully saturated rings. The van der Waals surface area contributed by atoms with Crippen molar-refractivity contribution in [1.29, 1.82) is 0 Å². The van der Waals surface area contributed by atoms with E-state index in [2.05, 4.69) is 66.7 Å². The molecule has 3 heterocycles. The first-order valence-electron chi connectivity index (χ1n) is 7.64. The summed E-state index contributed by atoms with van der Waals surface area (Å²) in [7, 11) is 2.06. The quantitative estimate of drug-likeness (QED) is 0.785. The Hall–Kier alpha value is -2.10. The van der Waals surface area contributed by atoms with Crippen LogP contribution in [0.2, 0.25) is 0 Å². The number of nitrogens with zero attached hydrogens (tertiary/aromatic N) is 3. The smallest absolute Gasteiger partial charge is 0.178 e. The number of hydrogen-bond donors (Lipinski definition) is 1. The van der Waals surface area contributed by atoms with E-state index in [1.54, 1.807) is 0 Å². The van der Waals surface area contributed by atoms with E-state index in [1.165, 1.54) is 5.56 Å². The van der Waals surface area contributed by atoms with Crippen LogP contribution in [0.4, 0.5) is 0 Å². The number of nitrogens with one attached hydrogen (secondary N) is 1. The Bertz CT molecular complexity index is 766. The monoisotopic (exact) mass is 282 g/mol. The van der Waals surface area contributed by atoms with Gasteiger partial charge in [0.15, 0.2) is 11.5 Å². The molecule has 4 heteroatoms. The summed E-state index contributed by atoms with van der Waals surface area (Å²) in [5.74, 6) is 1.36. The maximum atomic E-state index is 4.70. The average Bonchev–Trinajstić information content (AvgIpc) is 3.08. The summed E-state index contributed by atoms with van der Waals surface area (Å²) in [6.45, 7) is 6.55. The van der Waals surface area contributed by atoms with Gasteiger partial charge in [-0.1, -0.05) is 20.8 Å². The summed E-state index contributed by atoms with van der Waals surface area (Å²) in [4.78, 5) is 12.8. The third-order valence-electron chi connectivity index (χ3n) is 4.20. The fourth-order valence-corrected chi connectivity index (χ4v) is 2.57. The summed E-state index contributed by atoms with van der Waals surface area (Å²) >= 11 is 0. The highest BCUT2D eigenvalue weighted by Gasteiger charge is 2.12. The molecule has 4 nitrogen and oxygen atoms in total. The van der Waals surface area contributed by atoms with Crippen LogP contribution in [0.1, 0.15) is 44.4 Å². The zero-order chi connectivity index (χ0) is 15.0. The summed E-state index contributed by atoms with van der Waals surface area (Å²) < 4.78 is 2.12. The van der Waals surface area contributed by atoms with E-state index in [0.29, 0.717) is 5.92 Å². The van der Waals surface area contributed by atoms with Crippen LogP contribution >= 0.6 is 0 Å². The van der Waals surface area contributed by atoms with Crippen LogP contribution in [0.5, 0.6) is 0 Å². The van der Waals surface area contributed by atoms with E-state index in [0.717, 1.165) is 41.2 Å². The molecule has 21 heavy (non-hydrogen) atoms. The fraction of sp³-hybridized carbons (Fsp3) is 0.412. The van der Waals surface area contributed by atoms with Gasteiger partial charge in [0.25, 0.3) is 0 Å². The number of rotatable bonds is 4. The van der Waals surface area contributed by atoms with Gasteiger partial charge in [-0.2, -0.15) is 0 Å². The molecule has 1 atom stereocenters. The van der Waals surface area contributed by atoms with E-state index in [1.807, 2.05) is 0 Å². The van der Waals surface area contributed by atoms with Crippen molar-refractivity contribution in [2.24, 2.45) is 7.05 Å². The number of aryl methyl sites for hydroxylation is 2. The molecule has 110 valence electrons. The van der Waals surface area contributed by atoms with Crippen molar-refractivity contribution in [3.05, 3.63) is 35.7 Å². The van der Waals surface area contributed by atoms with E-state index in [4.69, 9.17) is 4.98 Å². The van der Waals surface area contributed by atoms with Gasteiger partial charge in [-0.15, -0.1) is 0 Å². The van der Waals surface area contributed by atoms with E-state index < -0.39 is 0 Å². The first-order chi connectivity index (χ1) is 10.1. The van der Waals surface area contributed by atoms with E-state index in [9.17, 15) is 0 Å². The SMILES string of the molecule is CCc1cc(-c2nc3nc(C(C)CC)ccc3[nH]2)n(C)c1. The lowest BCUT2D eigenvalue weighted by Crippen LogP contribution is -1.95. The molecule has 0 saturated heterocycles. The molecule has 0 aliphatic rings. The molecular formula is C17H22N4. The van der Waals surface area contributed by atoms with Crippen LogP contribution in [-0.4, -0.2) is 19.5 Å². The lowest BCUT2D eigenvalue weighted by molar-refractivity contribution is 0.711. The number of fused-ring (bicyclic) bond motifs is 1. The summed E-state index contributed by atoms with van der Waals surface area (Å²) in [6.07, 6.45) is 4.28. The fourth-order valence-electron chi connectivity index (χ4n) is 2.57. The zero-order valence-electron chi connectivity index (χ0n) is 13.1. The van der Waals surface area contributed by atoms with Gasteiger partial charge in [0, 0.05) is 18.9 Å². The second kappa shape index (κ2) is 5.35. The van der Waals surface area contributed by atoms with Crippen LogP contribution < -0.4 is 0 Å². The summed E-state index contributed by atoms with van der Waals surface area (Å²) in [6, 6.07) is 6.37. The standard InChI is InChI=1S/C17H22N4/c1-5-11(3)13-7-8-14-16(18-13)20-17(19-14)15-9-12(6-2)10-21(15)4/h7-11H,5-6H2,1-4H3,(H,18,19,20). The van der Waals surface area contributed by atoms with Crippen molar-refractivity contribution in [1.82, 2.24) is 19.5 Å². The largest absolute Gasteiger partial charge is 0.348 e. The Morgan fingerprint density at radius 3 is 2.71 bits per heavy atom. The number of H-pyrrole nitrogens is 1. The van der Waals surface area contributed by atoms with Crippen molar-refractivity contribution in [2.45, 2.75) is 39.5 Å². The van der Waals surface area contributed by atoms with Crippen LogP contribution in [0, 0.1) is 0 Å². The zero-order valence-corrected chi connectivity index (χ0v) is 13.1. The Balaban J connectivity index is 2.06. The second-order valence-electron chi connectivity index (χ2n) is 5.70. The highest BCUT2D eigenvalue weighted by Crippen LogP contribution is 2.24. The third-order valence-corrected chi connectivity index (χ3v) is 4.20. The predicted octanol–water partition coefficient (Wildman–Crippen LogP) is 4.04. The Morgan fingerprint density at radius 2 is 2.05 bits per heavy atom. The van der Waals surface area contributed by atoms with Crippen LogP contribution in [-0.2, 0) is 13.5 Å². The van der Waals surface area contributed by atoms with E-state index in [-0.39, 0.29) is 0 Å². The van der Waals surface area contributed by atoms with Gasteiger partial charge in [-0.3, -0.25) is 0 Å². The molecule has 0 radical (unpaired) electrons. The number of imidazole rings is 1. The first-order valence-corrected chi connectivity index (χ1v) is 7.64. The third kappa shape index (κ3) is 2.46. The molecule has 0 aliphatic heterocycles. The van der Waals surface area contributed by atoms with Gasteiger partial charge in [0.05, 0.1) is 11.2 Å². The number of pyridine rings is 1. The Kier molecular flexibility index (Phi) is 3.53. The molecule has 3 rings (SSSR count). The molecule has 0 saturated carbocycles. The van der Waals surface area contributed by atoms with Crippen molar-refractivity contribution < 1.29 is 0 Å². The minimum absolute atomic E-state index is 0.469. The molecule has 1 N–H and O–H groups in total. The number of hydrogen-bond acceptors (Lipinski definition) is 2. The van der Waals surface area contributed by atoms with Crippen molar-refractivity contribution in [2.75, 3.05) is 0 Å². The van der Waals surface area contributed by atoms with Crippen molar-refractivity contribution in [3.8, 4) is 11.5 Å². The van der Waals surface area contributed by atoms with Gasteiger partial charge < -0.3 is 9.55 Å². The molecule has 3 aromatic rings. The van der Waals surface area contributed by atoms with Crippen molar-refractivity contribution >= 4 is 11.2 Å². The molecule has 0 aliphatic carbocycles. The topological polar surface area (TPSA) is 46.5 Å². The normalized spacial score (nSPS) is 13.0. The maximum Gasteiger partial charge on any atom is 0.178 e. The predicted molar refractivity (Wildman–Crippen MR) is 86.4 cm³/mol. The van der Waals surface area contributed by atoms with Gasteiger partial charge in [0.2, 0.25) is 0 Å². The van der Waals surface area contributed by atoms with Gasteiger partial charge >= 0.3 is 0 Å². The molecular weight excluding hydrogens is 260 g/mol. The second-order valence-corrected chi connectivity index (χ2v) is 5.70. The Morgan fingerprint density at radius 1 is 1.24 bits per heavy atom. The first kappa shape index (κ1) is 13.9. The minimum Gasteiger partial charge on any atom is -0.348 e. The molecule has 1 unspecified atom stereocenters. The number of aromatic amines is 1. The van der Waals surface area contributed by atoms with E-state index >= 15 is 0 Å². The van der Waals surface area contributed by atoms with Gasteiger partial charge in [-0.25, -0.2) is 9.97 Å². The lowest BCUT2D eigenvalue weighted by atomic mass is 10.0. The highest BCUT2D eigenvalue weighted by atomic mass is 15.0. The number of aromatic nitrogens is 4. The molecule has 0 bridgehead atoms. The van der Waals surface area contributed by atoms with Crippen LogP contribution in [0.25, 0.3) is 22.7 Å². The minimum atomic E-state index is 0.469. The lowest BCUT2D eigenvalue weighted by Gasteiger charge is -2.06. The molecule has 3 aromatic heterocycles. The van der Waals surface area contributed by atoms with Gasteiger partial charge in [-0.05, 0) is 42.5 Å². The van der Waals surface area contributed by atoms with Crippen LogP contribution in [0.15, 0.2) is 24.4 Å². The Labute approximate surface area is 125 Å². The highest BCUT2D eigenvalue weighted by molar-refractivity contribution is 5.75.